The Labute approximate surface area is 231 Å². The highest BCUT2D eigenvalue weighted by Crippen LogP contribution is 2.34. The van der Waals surface area contributed by atoms with Crippen LogP contribution in [0.2, 0.25) is 5.02 Å². The predicted molar refractivity (Wildman–Crippen MR) is 142 cm³/mol. The van der Waals surface area contributed by atoms with Gasteiger partial charge in [0, 0.05) is 12.5 Å². The monoisotopic (exact) mass is 581 g/mol. The summed E-state index contributed by atoms with van der Waals surface area (Å²) in [7, 11) is 0. The maximum absolute atomic E-state index is 15.0. The van der Waals surface area contributed by atoms with Crippen LogP contribution in [0.25, 0.3) is 10.2 Å². The number of hydrogen-bond acceptors (Lipinski definition) is 6. The number of nitrogens with one attached hydrogen (secondary N) is 1. The fraction of sp³-hybridized carbons (Fsp3) is 0.444. The van der Waals surface area contributed by atoms with Crippen LogP contribution in [0.1, 0.15) is 37.7 Å². The minimum absolute atomic E-state index is 0.0795. The van der Waals surface area contributed by atoms with Gasteiger partial charge in [-0.05, 0) is 55.5 Å². The second-order valence-electron chi connectivity index (χ2n) is 10.0. The average Bonchev–Trinajstić information content (AvgIpc) is 3.47. The summed E-state index contributed by atoms with van der Waals surface area (Å²) in [6.07, 6.45) is 0.786. The molecule has 1 aliphatic heterocycles. The van der Waals surface area contributed by atoms with Crippen molar-refractivity contribution in [3.05, 3.63) is 52.6 Å². The summed E-state index contributed by atoms with van der Waals surface area (Å²) in [4.78, 5) is 29.9. The highest BCUT2D eigenvalue weighted by atomic mass is 35.5. The van der Waals surface area contributed by atoms with Crippen LogP contribution in [-0.4, -0.2) is 58.3 Å². The van der Waals surface area contributed by atoms with Crippen molar-refractivity contribution in [1.29, 1.82) is 0 Å². The van der Waals surface area contributed by atoms with Gasteiger partial charge >= 0.3 is 5.97 Å². The fourth-order valence-corrected chi connectivity index (χ4v) is 6.29. The number of aliphatic carboxylic acids is 1. The van der Waals surface area contributed by atoms with Gasteiger partial charge in [-0.1, -0.05) is 22.9 Å². The molecule has 12 heteroatoms. The number of aromatic nitrogens is 1. The lowest BCUT2D eigenvalue weighted by atomic mass is 9.87. The molecule has 5 rings (SSSR count). The molecule has 0 bridgehead atoms. The van der Waals surface area contributed by atoms with E-state index in [2.05, 4.69) is 10.3 Å². The first-order valence-corrected chi connectivity index (χ1v) is 13.9. The summed E-state index contributed by atoms with van der Waals surface area (Å²) in [5.74, 6) is -2.65. The van der Waals surface area contributed by atoms with Crippen molar-refractivity contribution in [3.63, 3.8) is 0 Å². The molecule has 7 nitrogen and oxygen atoms in total. The number of thiazole rings is 1. The van der Waals surface area contributed by atoms with E-state index in [4.69, 9.17) is 21.4 Å². The molecular weight excluding hydrogens is 555 g/mol. The summed E-state index contributed by atoms with van der Waals surface area (Å²) >= 11 is 7.64. The van der Waals surface area contributed by atoms with Gasteiger partial charge in [-0.3, -0.25) is 9.59 Å². The van der Waals surface area contributed by atoms with Crippen molar-refractivity contribution >= 4 is 55.8 Å². The first kappa shape index (κ1) is 27.7. The predicted octanol–water partition coefficient (Wildman–Crippen LogP) is 6.11. The Morgan fingerprint density at radius 2 is 1.95 bits per heavy atom. The molecule has 2 aromatic carbocycles. The van der Waals surface area contributed by atoms with Crippen molar-refractivity contribution in [1.82, 2.24) is 9.88 Å². The molecule has 1 aliphatic carbocycles. The molecule has 0 unspecified atom stereocenters. The summed E-state index contributed by atoms with van der Waals surface area (Å²) < 4.78 is 49.4. The minimum Gasteiger partial charge on any atom is -0.481 e. The fourth-order valence-electron chi connectivity index (χ4n) is 5.20. The van der Waals surface area contributed by atoms with E-state index in [-0.39, 0.29) is 54.3 Å². The Kier molecular flexibility index (Phi) is 8.29. The molecule has 2 fully saturated rings. The molecule has 3 aromatic rings. The summed E-state index contributed by atoms with van der Waals surface area (Å²) in [5, 5.41) is 12.7. The van der Waals surface area contributed by atoms with Gasteiger partial charge in [-0.2, -0.15) is 0 Å². The van der Waals surface area contributed by atoms with Gasteiger partial charge in [-0.15, -0.1) is 0 Å². The first-order valence-electron chi connectivity index (χ1n) is 12.7. The summed E-state index contributed by atoms with van der Waals surface area (Å²) in [6.45, 7) is 0.0541. The second-order valence-corrected chi connectivity index (χ2v) is 11.5. The zero-order chi connectivity index (χ0) is 27.7. The third kappa shape index (κ3) is 6.47. The number of amides is 1. The molecule has 1 amide bonds. The maximum Gasteiger partial charge on any atom is 0.306 e. The Bertz CT molecular complexity index is 1380. The molecule has 0 radical (unpaired) electrons. The van der Waals surface area contributed by atoms with Crippen molar-refractivity contribution in [2.45, 2.75) is 56.8 Å². The second kappa shape index (κ2) is 11.7. The Morgan fingerprint density at radius 3 is 2.69 bits per heavy atom. The van der Waals surface area contributed by atoms with Crippen LogP contribution in [0.15, 0.2) is 30.3 Å². The Balaban J connectivity index is 1.21. The standard InChI is InChI=1S/C27H27ClF3N3O4S/c28-20-7-15(21(31)11-22(20)32-27-33-23-10-16(29)3-6-24(23)39-27)8-25(35)34-12-17(30)9-18(34)13-38-19-4-1-14(2-5-19)26(36)37/h3,6-7,10-11,14,17-19H,1-2,4-5,8-9,12-13H2,(H,32,33)(H,36,37)/t14?,17-,18-,19?/m0/s1. The van der Waals surface area contributed by atoms with Crippen LogP contribution >= 0.6 is 22.9 Å². The lowest BCUT2D eigenvalue weighted by Crippen LogP contribution is -2.40. The van der Waals surface area contributed by atoms with E-state index >= 15 is 4.39 Å². The third-order valence-corrected chi connectivity index (χ3v) is 8.57. The highest BCUT2D eigenvalue weighted by molar-refractivity contribution is 7.22. The summed E-state index contributed by atoms with van der Waals surface area (Å²) in [5.41, 5.74) is 0.791. The number of ether oxygens (including phenoxy) is 1. The first-order chi connectivity index (χ1) is 18.7. The number of benzene rings is 2. The molecule has 2 N–H and O–H groups in total. The van der Waals surface area contributed by atoms with Crippen molar-refractivity contribution < 1.29 is 32.6 Å². The quantitative estimate of drug-likeness (QED) is 0.333. The number of fused-ring (bicyclic) bond motifs is 1. The third-order valence-electron chi connectivity index (χ3n) is 7.30. The summed E-state index contributed by atoms with van der Waals surface area (Å²) in [6, 6.07) is 6.29. The average molecular weight is 582 g/mol. The molecule has 1 aromatic heterocycles. The molecule has 2 atom stereocenters. The van der Waals surface area contributed by atoms with E-state index in [1.54, 1.807) is 6.07 Å². The van der Waals surface area contributed by atoms with E-state index in [0.29, 0.717) is 36.3 Å². The van der Waals surface area contributed by atoms with Crippen LogP contribution in [0, 0.1) is 17.6 Å². The van der Waals surface area contributed by atoms with E-state index in [1.165, 1.54) is 40.5 Å². The van der Waals surface area contributed by atoms with Crippen LogP contribution in [0.5, 0.6) is 0 Å². The molecule has 208 valence electrons. The number of carboxylic acid groups (broad SMARTS) is 1. The van der Waals surface area contributed by atoms with Gasteiger partial charge in [0.15, 0.2) is 5.13 Å². The number of likely N-dealkylation sites (tertiary alicyclic amines) is 1. The number of carboxylic acids is 1. The number of hydrogen-bond donors (Lipinski definition) is 2. The number of carbonyl (C=O) groups is 2. The topological polar surface area (TPSA) is 91.8 Å². The Hall–Kier alpha value is -2.89. The number of nitrogens with zero attached hydrogens (tertiary/aromatic N) is 2. The van der Waals surface area contributed by atoms with Crippen LogP contribution < -0.4 is 5.32 Å². The SMILES string of the molecule is O=C(O)C1CCC(OC[C@@H]2C[C@H](F)CN2C(=O)Cc2cc(Cl)c(Nc3nc4cc(F)ccc4s3)cc2F)CC1. The minimum atomic E-state index is -1.20. The molecule has 0 spiro atoms. The lowest BCUT2D eigenvalue weighted by Gasteiger charge is -2.30. The largest absolute Gasteiger partial charge is 0.481 e. The number of rotatable bonds is 8. The van der Waals surface area contributed by atoms with Crippen LogP contribution in [0.4, 0.5) is 24.0 Å². The van der Waals surface area contributed by atoms with Crippen molar-refractivity contribution in [3.8, 4) is 0 Å². The van der Waals surface area contributed by atoms with Crippen LogP contribution in [-0.2, 0) is 20.7 Å². The zero-order valence-corrected chi connectivity index (χ0v) is 22.4. The maximum atomic E-state index is 15.0. The molecule has 39 heavy (non-hydrogen) atoms. The normalized spacial score (nSPS) is 23.3. The number of anilines is 2. The van der Waals surface area contributed by atoms with E-state index in [1.807, 2.05) is 0 Å². The van der Waals surface area contributed by atoms with Crippen molar-refractivity contribution in [2.24, 2.45) is 5.92 Å². The van der Waals surface area contributed by atoms with Gasteiger partial charge in [0.25, 0.3) is 0 Å². The molecule has 2 heterocycles. The molecule has 2 aliphatic rings. The van der Waals surface area contributed by atoms with Gasteiger partial charge in [0.05, 0.1) is 58.6 Å². The van der Waals surface area contributed by atoms with Crippen LogP contribution in [0.3, 0.4) is 0 Å². The van der Waals surface area contributed by atoms with Gasteiger partial charge in [0.1, 0.15) is 17.8 Å². The van der Waals surface area contributed by atoms with E-state index < -0.39 is 35.7 Å². The van der Waals surface area contributed by atoms with E-state index in [0.717, 1.165) is 4.70 Å². The number of halogens is 4. The van der Waals surface area contributed by atoms with Crippen molar-refractivity contribution in [2.75, 3.05) is 18.5 Å². The Morgan fingerprint density at radius 1 is 1.18 bits per heavy atom. The van der Waals surface area contributed by atoms with Gasteiger partial charge in [0.2, 0.25) is 5.91 Å². The van der Waals surface area contributed by atoms with Gasteiger partial charge in [-0.25, -0.2) is 18.2 Å². The zero-order valence-electron chi connectivity index (χ0n) is 20.8. The van der Waals surface area contributed by atoms with E-state index in [9.17, 15) is 18.4 Å². The van der Waals surface area contributed by atoms with Gasteiger partial charge < -0.3 is 20.1 Å². The number of alkyl halides is 1. The molecular formula is C27H27ClF3N3O4S. The number of carbonyl (C=O) groups excluding carboxylic acids is 1. The smallest absolute Gasteiger partial charge is 0.306 e. The lowest BCUT2D eigenvalue weighted by molar-refractivity contribution is -0.144. The highest BCUT2D eigenvalue weighted by Gasteiger charge is 2.36. The molecule has 1 saturated heterocycles. The molecule has 1 saturated carbocycles.